The summed E-state index contributed by atoms with van der Waals surface area (Å²) >= 11 is 1.94. The number of hydrogen-bond donors (Lipinski definition) is 0. The standard InChI is InChI=1S/C25H36N4OS/c1-17(2)25(30)29-15-13-28(14-16-29)23-21-19-11-7-4-8-12-20(19)31-24(21)27-22(26-23)18-9-5-3-6-10-18/h17-18H,3-16H2,1-2H3. The summed E-state index contributed by atoms with van der Waals surface area (Å²) in [5, 5.41) is 1.34. The van der Waals surface area contributed by atoms with E-state index >= 15 is 0 Å². The van der Waals surface area contributed by atoms with Gasteiger partial charge < -0.3 is 9.80 Å². The minimum atomic E-state index is 0.0721. The lowest BCUT2D eigenvalue weighted by atomic mass is 9.88. The van der Waals surface area contributed by atoms with Gasteiger partial charge in [0.1, 0.15) is 16.5 Å². The fourth-order valence-corrected chi connectivity index (χ4v) is 6.87. The average Bonchev–Trinajstić information content (AvgIpc) is 2.99. The van der Waals surface area contributed by atoms with Crippen molar-refractivity contribution in [2.24, 2.45) is 5.92 Å². The van der Waals surface area contributed by atoms with Crippen LogP contribution in [0.2, 0.25) is 0 Å². The van der Waals surface area contributed by atoms with Crippen molar-refractivity contribution in [2.75, 3.05) is 31.1 Å². The molecule has 168 valence electrons. The van der Waals surface area contributed by atoms with E-state index in [1.54, 1.807) is 4.88 Å². The molecule has 6 heteroatoms. The summed E-state index contributed by atoms with van der Waals surface area (Å²) < 4.78 is 0. The van der Waals surface area contributed by atoms with Crippen LogP contribution in [0, 0.1) is 5.92 Å². The first-order chi connectivity index (χ1) is 15.1. The van der Waals surface area contributed by atoms with Crippen molar-refractivity contribution in [3.63, 3.8) is 0 Å². The smallest absolute Gasteiger partial charge is 0.225 e. The van der Waals surface area contributed by atoms with Crippen LogP contribution >= 0.6 is 11.3 Å². The van der Waals surface area contributed by atoms with E-state index in [4.69, 9.17) is 9.97 Å². The molecule has 0 unspecified atom stereocenters. The number of anilines is 1. The van der Waals surface area contributed by atoms with E-state index < -0.39 is 0 Å². The first-order valence-electron chi connectivity index (χ1n) is 12.5. The molecule has 2 fully saturated rings. The Bertz CT molecular complexity index is 939. The molecule has 2 aromatic heterocycles. The number of rotatable bonds is 3. The van der Waals surface area contributed by atoms with Crippen LogP contribution in [-0.2, 0) is 17.6 Å². The maximum absolute atomic E-state index is 12.5. The van der Waals surface area contributed by atoms with Gasteiger partial charge in [-0.05, 0) is 44.1 Å². The molecule has 5 rings (SSSR count). The number of hydrogen-bond acceptors (Lipinski definition) is 5. The Morgan fingerprint density at radius 1 is 0.935 bits per heavy atom. The Hall–Kier alpha value is -1.69. The first-order valence-corrected chi connectivity index (χ1v) is 13.3. The number of amides is 1. The van der Waals surface area contributed by atoms with Gasteiger partial charge in [-0.2, -0.15) is 0 Å². The highest BCUT2D eigenvalue weighted by atomic mass is 32.1. The zero-order chi connectivity index (χ0) is 21.4. The lowest BCUT2D eigenvalue weighted by Crippen LogP contribution is -2.50. The van der Waals surface area contributed by atoms with Gasteiger partial charge in [0, 0.05) is 42.9 Å². The average molecular weight is 441 g/mol. The molecule has 3 aliphatic rings. The van der Waals surface area contributed by atoms with Gasteiger partial charge in [-0.3, -0.25) is 4.79 Å². The normalized spacial score (nSPS) is 20.9. The Labute approximate surface area is 190 Å². The predicted molar refractivity (Wildman–Crippen MR) is 128 cm³/mol. The molecule has 2 aromatic rings. The van der Waals surface area contributed by atoms with E-state index in [1.165, 1.54) is 85.8 Å². The molecule has 2 aliphatic carbocycles. The minimum Gasteiger partial charge on any atom is -0.352 e. The molecule has 0 aromatic carbocycles. The third-order valence-electron chi connectivity index (χ3n) is 7.42. The van der Waals surface area contributed by atoms with E-state index in [1.807, 2.05) is 30.1 Å². The molecular weight excluding hydrogens is 404 g/mol. The monoisotopic (exact) mass is 440 g/mol. The lowest BCUT2D eigenvalue weighted by molar-refractivity contribution is -0.134. The number of carbonyl (C=O) groups is 1. The van der Waals surface area contributed by atoms with Crippen molar-refractivity contribution in [2.45, 2.75) is 84.0 Å². The second-order valence-corrected chi connectivity index (χ2v) is 11.0. The van der Waals surface area contributed by atoms with Crippen molar-refractivity contribution in [1.29, 1.82) is 0 Å². The molecule has 0 atom stereocenters. The summed E-state index contributed by atoms with van der Waals surface area (Å²) in [6.45, 7) is 7.35. The molecule has 1 amide bonds. The maximum Gasteiger partial charge on any atom is 0.225 e. The quantitative estimate of drug-likeness (QED) is 0.607. The second kappa shape index (κ2) is 9.05. The van der Waals surface area contributed by atoms with Crippen LogP contribution in [0.5, 0.6) is 0 Å². The third-order valence-corrected chi connectivity index (χ3v) is 8.60. The van der Waals surface area contributed by atoms with Gasteiger partial charge >= 0.3 is 0 Å². The zero-order valence-corrected chi connectivity index (χ0v) is 20.0. The molecule has 1 saturated carbocycles. The van der Waals surface area contributed by atoms with Gasteiger partial charge in [0.2, 0.25) is 5.91 Å². The van der Waals surface area contributed by atoms with Crippen molar-refractivity contribution >= 4 is 33.3 Å². The number of carbonyl (C=O) groups excluding carboxylic acids is 1. The van der Waals surface area contributed by atoms with Crippen LogP contribution in [0.25, 0.3) is 10.2 Å². The van der Waals surface area contributed by atoms with Gasteiger partial charge in [0.25, 0.3) is 0 Å². The second-order valence-electron chi connectivity index (χ2n) is 9.95. The Balaban J connectivity index is 1.51. The van der Waals surface area contributed by atoms with Crippen molar-refractivity contribution in [3.8, 4) is 0 Å². The number of fused-ring (bicyclic) bond motifs is 3. The number of aromatic nitrogens is 2. The number of thiophene rings is 1. The van der Waals surface area contributed by atoms with Gasteiger partial charge in [0.15, 0.2) is 0 Å². The molecule has 0 spiro atoms. The molecule has 1 saturated heterocycles. The molecule has 0 bridgehead atoms. The van der Waals surface area contributed by atoms with E-state index in [-0.39, 0.29) is 11.8 Å². The summed E-state index contributed by atoms with van der Waals surface area (Å²) in [6, 6.07) is 0. The fraction of sp³-hybridized carbons (Fsp3) is 0.720. The zero-order valence-electron chi connectivity index (χ0n) is 19.2. The number of aryl methyl sites for hydroxylation is 2. The molecule has 31 heavy (non-hydrogen) atoms. The number of nitrogens with zero attached hydrogens (tertiary/aromatic N) is 4. The summed E-state index contributed by atoms with van der Waals surface area (Å²) in [5.41, 5.74) is 1.53. The van der Waals surface area contributed by atoms with Gasteiger partial charge in [-0.15, -0.1) is 11.3 Å². The lowest BCUT2D eigenvalue weighted by Gasteiger charge is -2.37. The van der Waals surface area contributed by atoms with Crippen molar-refractivity contribution in [3.05, 3.63) is 16.3 Å². The van der Waals surface area contributed by atoms with Crippen LogP contribution in [0.3, 0.4) is 0 Å². The van der Waals surface area contributed by atoms with Crippen LogP contribution in [0.1, 0.15) is 87.4 Å². The highest BCUT2D eigenvalue weighted by molar-refractivity contribution is 7.19. The summed E-state index contributed by atoms with van der Waals surface area (Å²) in [4.78, 5) is 30.2. The highest BCUT2D eigenvalue weighted by Crippen LogP contribution is 2.41. The molecular formula is C25H36N4OS. The largest absolute Gasteiger partial charge is 0.352 e. The molecule has 1 aliphatic heterocycles. The van der Waals surface area contributed by atoms with Crippen LogP contribution in [0.15, 0.2) is 0 Å². The molecule has 0 radical (unpaired) electrons. The molecule has 3 heterocycles. The minimum absolute atomic E-state index is 0.0721. The predicted octanol–water partition coefficient (Wildman–Crippen LogP) is 5.31. The maximum atomic E-state index is 12.5. The Morgan fingerprint density at radius 3 is 2.39 bits per heavy atom. The van der Waals surface area contributed by atoms with E-state index in [0.717, 1.165) is 32.0 Å². The van der Waals surface area contributed by atoms with Gasteiger partial charge in [0.05, 0.1) is 5.39 Å². The SMILES string of the molecule is CC(C)C(=O)N1CCN(c2nc(C3CCCCC3)nc3sc4c(c23)CCCCC4)CC1. The van der Waals surface area contributed by atoms with Crippen molar-refractivity contribution in [1.82, 2.24) is 14.9 Å². The summed E-state index contributed by atoms with van der Waals surface area (Å²) in [5.74, 6) is 3.12. The summed E-state index contributed by atoms with van der Waals surface area (Å²) in [6.07, 6.45) is 12.7. The van der Waals surface area contributed by atoms with E-state index in [2.05, 4.69) is 4.90 Å². The Morgan fingerprint density at radius 2 is 1.65 bits per heavy atom. The summed E-state index contributed by atoms with van der Waals surface area (Å²) in [7, 11) is 0. The van der Waals surface area contributed by atoms with Crippen LogP contribution in [0.4, 0.5) is 5.82 Å². The topological polar surface area (TPSA) is 49.3 Å². The number of piperazine rings is 1. The van der Waals surface area contributed by atoms with E-state index in [9.17, 15) is 4.79 Å². The third kappa shape index (κ3) is 4.20. The first kappa shape index (κ1) is 21.2. The van der Waals surface area contributed by atoms with Crippen molar-refractivity contribution < 1.29 is 4.79 Å². The van der Waals surface area contributed by atoms with Gasteiger partial charge in [-0.25, -0.2) is 9.97 Å². The fourth-order valence-electron chi connectivity index (χ4n) is 5.61. The van der Waals surface area contributed by atoms with E-state index in [0.29, 0.717) is 5.92 Å². The Kier molecular flexibility index (Phi) is 6.18. The van der Waals surface area contributed by atoms with Gasteiger partial charge in [-0.1, -0.05) is 39.5 Å². The highest BCUT2D eigenvalue weighted by Gasteiger charge is 2.29. The molecule has 0 N–H and O–H groups in total. The molecule has 5 nitrogen and oxygen atoms in total. The van der Waals surface area contributed by atoms with Crippen LogP contribution in [-0.4, -0.2) is 47.0 Å². The van der Waals surface area contributed by atoms with Crippen LogP contribution < -0.4 is 4.90 Å².